The molecule has 5 rings (SSSR count). The summed E-state index contributed by atoms with van der Waals surface area (Å²) in [5, 5.41) is 12.4. The number of nitrogens with zero attached hydrogens (tertiary/aromatic N) is 6. The number of hydrogen-bond acceptors (Lipinski definition) is 8. The number of rotatable bonds is 5. The van der Waals surface area contributed by atoms with Crippen LogP contribution in [0.3, 0.4) is 0 Å². The Morgan fingerprint density at radius 1 is 0.971 bits per heavy atom. The highest BCUT2D eigenvalue weighted by molar-refractivity contribution is 5.55. The maximum atomic E-state index is 5.99. The van der Waals surface area contributed by atoms with E-state index in [1.54, 1.807) is 5.01 Å². The number of benzene rings is 2. The molecule has 0 unspecified atom stereocenters. The lowest BCUT2D eigenvalue weighted by atomic mass is 9.87. The van der Waals surface area contributed by atoms with Crippen LogP contribution < -0.4 is 15.4 Å². The van der Waals surface area contributed by atoms with Crippen molar-refractivity contribution < 1.29 is 4.42 Å². The fourth-order valence-corrected chi connectivity index (χ4v) is 4.39. The summed E-state index contributed by atoms with van der Waals surface area (Å²) in [6.07, 6.45) is 1.98. The monoisotopic (exact) mass is 473 g/mol. The molecule has 3 heterocycles. The van der Waals surface area contributed by atoms with Crippen LogP contribution >= 0.6 is 0 Å². The van der Waals surface area contributed by atoms with Crippen LogP contribution in [-0.2, 0) is 12.0 Å². The zero-order valence-electron chi connectivity index (χ0n) is 21.3. The maximum Gasteiger partial charge on any atom is 0.339 e. The number of likely N-dealkylation sites (N-methyl/N-ethyl adjacent to an activating group) is 1. The van der Waals surface area contributed by atoms with Crippen LogP contribution in [0.5, 0.6) is 0 Å². The second-order valence-electron chi connectivity index (χ2n) is 10.5. The van der Waals surface area contributed by atoms with Crippen LogP contribution in [0.15, 0.2) is 64.8 Å². The predicted molar refractivity (Wildman–Crippen MR) is 140 cm³/mol. The Morgan fingerprint density at radius 3 is 2.43 bits per heavy atom. The molecule has 0 saturated carbocycles. The summed E-state index contributed by atoms with van der Waals surface area (Å²) in [5.41, 5.74) is 9.25. The standard InChI is InChI=1S/C27H35N7O/c1-20-18-34(26-29-28-25(35-26)22-9-11-23(12-10-22)27(2,3)4)30-33(20)19-21-7-6-8-24(17-21)32-15-13-31(5)14-16-32/h6-12,17-18,30H,13-16,19H2,1-5H3. The van der Waals surface area contributed by atoms with Crippen molar-refractivity contribution in [3.05, 3.63) is 71.6 Å². The van der Waals surface area contributed by atoms with Gasteiger partial charge in [0.25, 0.3) is 0 Å². The Bertz CT molecular complexity index is 1190. The SMILES string of the molecule is CC1=CN(c2nnc(-c3ccc(C(C)(C)C)cc3)o2)NN1Cc1cccc(N2CCN(C)CC2)c1. The lowest BCUT2D eigenvalue weighted by Crippen LogP contribution is -2.44. The molecule has 0 spiro atoms. The van der Waals surface area contributed by atoms with Crippen LogP contribution in [-0.4, -0.2) is 53.3 Å². The van der Waals surface area contributed by atoms with Gasteiger partial charge < -0.3 is 14.2 Å². The number of hydrogen-bond donors (Lipinski definition) is 1. The number of allylic oxidation sites excluding steroid dienone is 1. The Kier molecular flexibility index (Phi) is 6.25. The zero-order chi connectivity index (χ0) is 24.6. The van der Waals surface area contributed by atoms with Crippen molar-refractivity contribution in [1.82, 2.24) is 25.6 Å². The van der Waals surface area contributed by atoms with Gasteiger partial charge in [-0.2, -0.15) is 0 Å². The van der Waals surface area contributed by atoms with E-state index in [2.05, 4.69) is 102 Å². The van der Waals surface area contributed by atoms with Gasteiger partial charge in [0.15, 0.2) is 0 Å². The molecule has 0 bridgehead atoms. The topological polar surface area (TPSA) is 63.9 Å². The molecule has 1 saturated heterocycles. The zero-order valence-corrected chi connectivity index (χ0v) is 21.3. The molecule has 184 valence electrons. The van der Waals surface area contributed by atoms with Gasteiger partial charge in [0.05, 0.1) is 6.54 Å². The van der Waals surface area contributed by atoms with Gasteiger partial charge in [0.2, 0.25) is 5.89 Å². The summed E-state index contributed by atoms with van der Waals surface area (Å²) >= 11 is 0. The summed E-state index contributed by atoms with van der Waals surface area (Å²) in [7, 11) is 2.18. The van der Waals surface area contributed by atoms with E-state index < -0.39 is 0 Å². The highest BCUT2D eigenvalue weighted by atomic mass is 16.4. The second kappa shape index (κ2) is 9.36. The normalized spacial score (nSPS) is 17.3. The van der Waals surface area contributed by atoms with E-state index >= 15 is 0 Å². The van der Waals surface area contributed by atoms with Gasteiger partial charge in [0.1, 0.15) is 0 Å². The minimum absolute atomic E-state index is 0.105. The van der Waals surface area contributed by atoms with E-state index in [-0.39, 0.29) is 5.41 Å². The molecule has 2 aromatic carbocycles. The maximum absolute atomic E-state index is 5.99. The molecule has 0 atom stereocenters. The molecule has 2 aliphatic heterocycles. The molecular formula is C27H35N7O. The summed E-state index contributed by atoms with van der Waals surface area (Å²) < 4.78 is 5.99. The quantitative estimate of drug-likeness (QED) is 0.586. The highest BCUT2D eigenvalue weighted by Crippen LogP contribution is 2.28. The van der Waals surface area contributed by atoms with Crippen molar-refractivity contribution in [2.24, 2.45) is 0 Å². The number of piperazine rings is 1. The Morgan fingerprint density at radius 2 is 1.71 bits per heavy atom. The van der Waals surface area contributed by atoms with Gasteiger partial charge in [0, 0.05) is 49.3 Å². The molecule has 8 heteroatoms. The lowest BCUT2D eigenvalue weighted by Gasteiger charge is -2.34. The van der Waals surface area contributed by atoms with Gasteiger partial charge in [-0.05, 0) is 54.8 Å². The molecule has 0 amide bonds. The van der Waals surface area contributed by atoms with E-state index in [0.29, 0.717) is 11.9 Å². The molecule has 0 radical (unpaired) electrons. The first-order chi connectivity index (χ1) is 16.8. The van der Waals surface area contributed by atoms with E-state index in [4.69, 9.17) is 4.42 Å². The van der Waals surface area contributed by atoms with Crippen LogP contribution in [0.1, 0.15) is 38.8 Å². The van der Waals surface area contributed by atoms with Crippen LogP contribution in [0, 0.1) is 0 Å². The Hall–Kier alpha value is -3.36. The largest absolute Gasteiger partial charge is 0.402 e. The van der Waals surface area contributed by atoms with Crippen molar-refractivity contribution in [2.45, 2.75) is 39.7 Å². The van der Waals surface area contributed by atoms with Crippen molar-refractivity contribution >= 4 is 11.7 Å². The van der Waals surface area contributed by atoms with Gasteiger partial charge in [-0.3, -0.25) is 5.01 Å². The summed E-state index contributed by atoms with van der Waals surface area (Å²) in [6, 6.07) is 17.5. The third-order valence-electron chi connectivity index (χ3n) is 6.71. The van der Waals surface area contributed by atoms with E-state index in [9.17, 15) is 0 Å². The summed E-state index contributed by atoms with van der Waals surface area (Å²) in [5.74, 6) is 0.506. The number of nitrogens with one attached hydrogen (secondary N) is 1. The summed E-state index contributed by atoms with van der Waals surface area (Å²) in [6.45, 7) is 13.7. The van der Waals surface area contributed by atoms with Crippen molar-refractivity contribution in [3.63, 3.8) is 0 Å². The minimum Gasteiger partial charge on any atom is -0.402 e. The first-order valence-corrected chi connectivity index (χ1v) is 12.2. The molecular weight excluding hydrogens is 438 g/mol. The average molecular weight is 474 g/mol. The van der Waals surface area contributed by atoms with Crippen molar-refractivity contribution in [2.75, 3.05) is 43.1 Å². The first kappa shape index (κ1) is 23.4. The first-order valence-electron chi connectivity index (χ1n) is 12.2. The van der Waals surface area contributed by atoms with Crippen molar-refractivity contribution in [1.29, 1.82) is 0 Å². The van der Waals surface area contributed by atoms with Gasteiger partial charge in [-0.15, -0.1) is 10.6 Å². The lowest BCUT2D eigenvalue weighted by molar-refractivity contribution is 0.258. The average Bonchev–Trinajstić information content (AvgIpc) is 3.47. The third kappa shape index (κ3) is 5.18. The third-order valence-corrected chi connectivity index (χ3v) is 6.71. The Labute approximate surface area is 207 Å². The molecule has 1 N–H and O–H groups in total. The Balaban J connectivity index is 1.24. The van der Waals surface area contributed by atoms with Crippen molar-refractivity contribution in [3.8, 4) is 11.5 Å². The van der Waals surface area contributed by atoms with E-state index in [1.807, 2.05) is 18.3 Å². The molecule has 35 heavy (non-hydrogen) atoms. The molecule has 0 aliphatic carbocycles. The van der Waals surface area contributed by atoms with Crippen LogP contribution in [0.2, 0.25) is 0 Å². The van der Waals surface area contributed by atoms with Crippen LogP contribution in [0.4, 0.5) is 11.7 Å². The van der Waals surface area contributed by atoms with Gasteiger partial charge in [-0.25, -0.2) is 5.01 Å². The van der Waals surface area contributed by atoms with E-state index in [0.717, 1.165) is 44.0 Å². The fraction of sp³-hybridized carbons (Fsp3) is 0.407. The molecule has 8 nitrogen and oxygen atoms in total. The minimum atomic E-state index is 0.105. The van der Waals surface area contributed by atoms with Gasteiger partial charge in [-0.1, -0.05) is 50.1 Å². The number of aromatic nitrogens is 2. The molecule has 3 aromatic rings. The smallest absolute Gasteiger partial charge is 0.339 e. The van der Waals surface area contributed by atoms with E-state index in [1.165, 1.54) is 16.8 Å². The highest BCUT2D eigenvalue weighted by Gasteiger charge is 2.24. The number of anilines is 2. The summed E-state index contributed by atoms with van der Waals surface area (Å²) in [4.78, 5) is 4.84. The second-order valence-corrected chi connectivity index (χ2v) is 10.5. The molecule has 1 fully saturated rings. The van der Waals surface area contributed by atoms with Crippen LogP contribution in [0.25, 0.3) is 11.5 Å². The number of hydrazine groups is 2. The fourth-order valence-electron chi connectivity index (χ4n) is 4.39. The molecule has 1 aromatic heterocycles. The predicted octanol–water partition coefficient (Wildman–Crippen LogP) is 4.39. The molecule has 2 aliphatic rings. The van der Waals surface area contributed by atoms with Gasteiger partial charge >= 0.3 is 6.01 Å².